The number of ether oxygens (including phenoxy) is 1. The molecule has 1 unspecified atom stereocenters. The van der Waals surface area contributed by atoms with E-state index in [2.05, 4.69) is 5.32 Å². The lowest BCUT2D eigenvalue weighted by atomic mass is 10.0. The predicted octanol–water partition coefficient (Wildman–Crippen LogP) is 2.90. The van der Waals surface area contributed by atoms with Crippen molar-refractivity contribution in [3.8, 4) is 5.75 Å². The number of halogens is 1. The van der Waals surface area contributed by atoms with Crippen LogP contribution in [0.2, 0.25) is 5.02 Å². The number of carbonyl (C=O) groups excluding carboxylic acids is 1. The molecule has 0 saturated heterocycles. The molecule has 1 rings (SSSR count). The van der Waals surface area contributed by atoms with E-state index in [9.17, 15) is 9.59 Å². The third-order valence-corrected chi connectivity index (χ3v) is 3.33. The second-order valence-electron chi connectivity index (χ2n) is 5.43. The Morgan fingerprint density at radius 1 is 1.36 bits per heavy atom. The van der Waals surface area contributed by atoms with E-state index in [1.54, 1.807) is 18.2 Å². The molecule has 0 heterocycles. The van der Waals surface area contributed by atoms with Crippen molar-refractivity contribution in [3.05, 3.63) is 28.8 Å². The molecular formula is C16H22ClNO4. The van der Waals surface area contributed by atoms with Gasteiger partial charge in [-0.05, 0) is 25.3 Å². The van der Waals surface area contributed by atoms with Crippen molar-refractivity contribution in [2.75, 3.05) is 6.61 Å². The summed E-state index contributed by atoms with van der Waals surface area (Å²) in [6, 6.07) is 4.28. The molecule has 1 atom stereocenters. The Labute approximate surface area is 135 Å². The van der Waals surface area contributed by atoms with Crippen LogP contribution in [0.25, 0.3) is 0 Å². The highest BCUT2D eigenvalue weighted by Crippen LogP contribution is 2.29. The van der Waals surface area contributed by atoms with Gasteiger partial charge in [-0.15, -0.1) is 0 Å². The number of carbonyl (C=O) groups is 2. The number of rotatable bonds is 8. The van der Waals surface area contributed by atoms with Crippen molar-refractivity contribution in [3.63, 3.8) is 0 Å². The number of hydrogen-bond acceptors (Lipinski definition) is 3. The van der Waals surface area contributed by atoms with Crippen molar-refractivity contribution in [2.24, 2.45) is 5.92 Å². The van der Waals surface area contributed by atoms with Crippen LogP contribution in [0.5, 0.6) is 5.75 Å². The third kappa shape index (κ3) is 5.56. The highest BCUT2D eigenvalue weighted by molar-refractivity contribution is 6.32. The maximum absolute atomic E-state index is 12.1. The van der Waals surface area contributed by atoms with Gasteiger partial charge in [0, 0.05) is 5.56 Å². The summed E-state index contributed by atoms with van der Waals surface area (Å²) < 4.78 is 5.46. The van der Waals surface area contributed by atoms with Gasteiger partial charge in [0.15, 0.2) is 0 Å². The quantitative estimate of drug-likeness (QED) is 0.769. The van der Waals surface area contributed by atoms with Gasteiger partial charge in [-0.3, -0.25) is 4.79 Å². The van der Waals surface area contributed by atoms with E-state index in [0.29, 0.717) is 29.4 Å². The van der Waals surface area contributed by atoms with E-state index in [4.69, 9.17) is 21.4 Å². The lowest BCUT2D eigenvalue weighted by Gasteiger charge is -2.17. The molecular weight excluding hydrogens is 306 g/mol. The van der Waals surface area contributed by atoms with Gasteiger partial charge in [-0.2, -0.15) is 0 Å². The molecule has 1 aromatic rings. The molecule has 0 aliphatic carbocycles. The Kier molecular flexibility index (Phi) is 7.18. The number of para-hydroxylation sites is 1. The van der Waals surface area contributed by atoms with Crippen molar-refractivity contribution in [1.29, 1.82) is 0 Å². The summed E-state index contributed by atoms with van der Waals surface area (Å²) in [6.45, 7) is 6.08. The Bertz CT molecular complexity index is 531. The van der Waals surface area contributed by atoms with Crippen molar-refractivity contribution in [2.45, 2.75) is 39.7 Å². The summed E-state index contributed by atoms with van der Waals surface area (Å²) in [6.07, 6.45) is 0.409. The van der Waals surface area contributed by atoms with Crippen LogP contribution in [0.3, 0.4) is 0 Å². The molecule has 0 saturated carbocycles. The summed E-state index contributed by atoms with van der Waals surface area (Å²) in [4.78, 5) is 23.3. The second-order valence-corrected chi connectivity index (χ2v) is 5.83. The Hall–Kier alpha value is -1.75. The number of nitrogens with one attached hydrogen (secondary N) is 1. The van der Waals surface area contributed by atoms with E-state index in [-0.39, 0.29) is 18.2 Å². The lowest BCUT2D eigenvalue weighted by molar-refractivity contribution is -0.142. The summed E-state index contributed by atoms with van der Waals surface area (Å²) in [5, 5.41) is 12.1. The average molecular weight is 328 g/mol. The monoisotopic (exact) mass is 327 g/mol. The van der Waals surface area contributed by atoms with Gasteiger partial charge < -0.3 is 15.2 Å². The van der Waals surface area contributed by atoms with Crippen molar-refractivity contribution < 1.29 is 19.4 Å². The van der Waals surface area contributed by atoms with Crippen LogP contribution in [0.1, 0.15) is 32.8 Å². The van der Waals surface area contributed by atoms with E-state index in [0.717, 1.165) is 0 Å². The number of carboxylic acids is 1. The Balaban J connectivity index is 2.80. The van der Waals surface area contributed by atoms with Gasteiger partial charge in [0.25, 0.3) is 0 Å². The first-order valence-electron chi connectivity index (χ1n) is 7.27. The van der Waals surface area contributed by atoms with E-state index >= 15 is 0 Å². The molecule has 0 aromatic heterocycles. The SMILES string of the molecule is CCOc1c(Cl)cccc1CC(=O)NC(CC(C)C)C(=O)O. The molecule has 0 radical (unpaired) electrons. The minimum Gasteiger partial charge on any atom is -0.492 e. The van der Waals surface area contributed by atoms with Gasteiger partial charge >= 0.3 is 5.97 Å². The summed E-state index contributed by atoms with van der Waals surface area (Å²) in [5.74, 6) is -0.751. The van der Waals surface area contributed by atoms with Crippen LogP contribution in [-0.4, -0.2) is 29.6 Å². The zero-order valence-electron chi connectivity index (χ0n) is 13.1. The molecule has 0 fully saturated rings. The largest absolute Gasteiger partial charge is 0.492 e. The summed E-state index contributed by atoms with van der Waals surface area (Å²) in [5.41, 5.74) is 0.639. The maximum atomic E-state index is 12.1. The van der Waals surface area contributed by atoms with Crippen LogP contribution in [-0.2, 0) is 16.0 Å². The smallest absolute Gasteiger partial charge is 0.326 e. The Morgan fingerprint density at radius 2 is 2.05 bits per heavy atom. The molecule has 1 aromatic carbocycles. The molecule has 0 aliphatic rings. The van der Waals surface area contributed by atoms with E-state index in [1.807, 2.05) is 20.8 Å². The number of aliphatic carboxylic acids is 1. The van der Waals surface area contributed by atoms with Crippen LogP contribution < -0.4 is 10.1 Å². The number of benzene rings is 1. The van der Waals surface area contributed by atoms with Gasteiger partial charge in [-0.1, -0.05) is 37.6 Å². The molecule has 2 N–H and O–H groups in total. The standard InChI is InChI=1S/C16H22ClNO4/c1-4-22-15-11(6-5-7-12(15)17)9-14(19)18-13(16(20)21)8-10(2)3/h5-7,10,13H,4,8-9H2,1-3H3,(H,18,19)(H,20,21). The molecule has 6 heteroatoms. The third-order valence-electron chi connectivity index (χ3n) is 3.03. The normalized spacial score (nSPS) is 12.0. The first kappa shape index (κ1) is 18.3. The maximum Gasteiger partial charge on any atom is 0.326 e. The zero-order chi connectivity index (χ0) is 16.7. The lowest BCUT2D eigenvalue weighted by Crippen LogP contribution is -2.42. The molecule has 1 amide bonds. The van der Waals surface area contributed by atoms with Crippen molar-refractivity contribution >= 4 is 23.5 Å². The molecule has 0 spiro atoms. The average Bonchev–Trinajstić information content (AvgIpc) is 2.41. The predicted molar refractivity (Wildman–Crippen MR) is 85.3 cm³/mol. The fraction of sp³-hybridized carbons (Fsp3) is 0.500. The zero-order valence-corrected chi connectivity index (χ0v) is 13.8. The van der Waals surface area contributed by atoms with Crippen LogP contribution in [0.4, 0.5) is 0 Å². The van der Waals surface area contributed by atoms with E-state index in [1.165, 1.54) is 0 Å². The summed E-state index contributed by atoms with van der Waals surface area (Å²) >= 11 is 6.07. The summed E-state index contributed by atoms with van der Waals surface area (Å²) in [7, 11) is 0. The fourth-order valence-electron chi connectivity index (χ4n) is 2.11. The highest BCUT2D eigenvalue weighted by Gasteiger charge is 2.22. The van der Waals surface area contributed by atoms with Gasteiger partial charge in [0.1, 0.15) is 11.8 Å². The van der Waals surface area contributed by atoms with Gasteiger partial charge in [-0.25, -0.2) is 4.79 Å². The second kappa shape index (κ2) is 8.63. The minimum absolute atomic E-state index is 0.0256. The van der Waals surface area contributed by atoms with Crippen LogP contribution in [0.15, 0.2) is 18.2 Å². The molecule has 122 valence electrons. The molecule has 5 nitrogen and oxygen atoms in total. The topological polar surface area (TPSA) is 75.6 Å². The fourth-order valence-corrected chi connectivity index (χ4v) is 2.36. The van der Waals surface area contributed by atoms with Crippen LogP contribution in [0, 0.1) is 5.92 Å². The number of amides is 1. The number of hydrogen-bond donors (Lipinski definition) is 2. The highest BCUT2D eigenvalue weighted by atomic mass is 35.5. The molecule has 22 heavy (non-hydrogen) atoms. The van der Waals surface area contributed by atoms with Gasteiger partial charge in [0.05, 0.1) is 18.1 Å². The first-order valence-corrected chi connectivity index (χ1v) is 7.65. The van der Waals surface area contributed by atoms with Crippen molar-refractivity contribution in [1.82, 2.24) is 5.32 Å². The minimum atomic E-state index is -1.03. The molecule has 0 aliphatic heterocycles. The molecule has 0 bridgehead atoms. The Morgan fingerprint density at radius 3 is 2.59 bits per heavy atom. The number of carboxylic acid groups (broad SMARTS) is 1. The van der Waals surface area contributed by atoms with Gasteiger partial charge in [0.2, 0.25) is 5.91 Å². The van der Waals surface area contributed by atoms with E-state index < -0.39 is 12.0 Å². The van der Waals surface area contributed by atoms with Crippen LogP contribution >= 0.6 is 11.6 Å². The first-order chi connectivity index (χ1) is 10.3.